The fourth-order valence-electron chi connectivity index (χ4n) is 1.65. The Hall–Kier alpha value is -1.59. The molecule has 18 heavy (non-hydrogen) atoms. The van der Waals surface area contributed by atoms with E-state index < -0.39 is 11.8 Å². The van der Waals surface area contributed by atoms with Gasteiger partial charge in [-0.25, -0.2) is 0 Å². The van der Waals surface area contributed by atoms with Gasteiger partial charge in [0.05, 0.1) is 23.9 Å². The van der Waals surface area contributed by atoms with Crippen LogP contribution in [0.1, 0.15) is 0 Å². The Balaban J connectivity index is 1.99. The number of benzene rings is 1. The molecule has 1 aromatic rings. The number of hydrogen-bond donors (Lipinski definition) is 1. The van der Waals surface area contributed by atoms with Crippen molar-refractivity contribution in [1.29, 1.82) is 0 Å². The SMILES string of the molecule is O=C(Nc1ccccc1Cl)C(=O)N1CCOCC1. The minimum absolute atomic E-state index is 0.403. The van der Waals surface area contributed by atoms with Gasteiger partial charge in [-0.05, 0) is 12.1 Å². The van der Waals surface area contributed by atoms with E-state index in [2.05, 4.69) is 5.32 Å². The van der Waals surface area contributed by atoms with Crippen molar-refractivity contribution in [2.24, 2.45) is 0 Å². The molecule has 1 heterocycles. The van der Waals surface area contributed by atoms with Gasteiger partial charge in [0.2, 0.25) is 0 Å². The highest BCUT2D eigenvalue weighted by atomic mass is 35.5. The lowest BCUT2D eigenvalue weighted by molar-refractivity contribution is -0.145. The van der Waals surface area contributed by atoms with Crippen molar-refractivity contribution in [1.82, 2.24) is 4.90 Å². The molecule has 0 saturated carbocycles. The van der Waals surface area contributed by atoms with Crippen LogP contribution in [0.5, 0.6) is 0 Å². The van der Waals surface area contributed by atoms with Crippen molar-refractivity contribution in [2.45, 2.75) is 0 Å². The molecule has 0 unspecified atom stereocenters. The first kappa shape index (κ1) is 12.9. The summed E-state index contributed by atoms with van der Waals surface area (Å²) in [4.78, 5) is 25.1. The van der Waals surface area contributed by atoms with E-state index in [0.29, 0.717) is 37.0 Å². The summed E-state index contributed by atoms with van der Waals surface area (Å²) >= 11 is 5.90. The standard InChI is InChI=1S/C12H13ClN2O3/c13-9-3-1-2-4-10(9)14-11(16)12(17)15-5-7-18-8-6-15/h1-4H,5-8H2,(H,14,16). The first-order chi connectivity index (χ1) is 8.68. The molecule has 0 spiro atoms. The maximum atomic E-state index is 11.8. The third-order valence-corrected chi connectivity index (χ3v) is 2.94. The second kappa shape index (κ2) is 5.84. The second-order valence-electron chi connectivity index (χ2n) is 3.84. The molecule has 0 aliphatic carbocycles. The number of nitrogens with one attached hydrogen (secondary N) is 1. The summed E-state index contributed by atoms with van der Waals surface area (Å²) in [7, 11) is 0. The van der Waals surface area contributed by atoms with E-state index in [1.54, 1.807) is 24.3 Å². The average Bonchev–Trinajstić information content (AvgIpc) is 2.41. The zero-order valence-corrected chi connectivity index (χ0v) is 10.4. The van der Waals surface area contributed by atoms with Crippen molar-refractivity contribution in [3.63, 3.8) is 0 Å². The highest BCUT2D eigenvalue weighted by Gasteiger charge is 2.23. The number of hydrogen-bond acceptors (Lipinski definition) is 3. The van der Waals surface area contributed by atoms with E-state index in [-0.39, 0.29) is 0 Å². The van der Waals surface area contributed by atoms with Crippen molar-refractivity contribution >= 4 is 29.1 Å². The summed E-state index contributed by atoms with van der Waals surface area (Å²) in [5, 5.41) is 2.91. The van der Waals surface area contributed by atoms with Crippen LogP contribution in [0.25, 0.3) is 0 Å². The fraction of sp³-hybridized carbons (Fsp3) is 0.333. The van der Waals surface area contributed by atoms with Gasteiger partial charge in [0.25, 0.3) is 0 Å². The molecule has 1 saturated heterocycles. The lowest BCUT2D eigenvalue weighted by Crippen LogP contribution is -2.45. The molecular formula is C12H13ClN2O3. The minimum atomic E-state index is -0.676. The zero-order valence-electron chi connectivity index (χ0n) is 9.69. The van der Waals surface area contributed by atoms with Gasteiger partial charge in [-0.3, -0.25) is 9.59 Å². The van der Waals surface area contributed by atoms with E-state index in [1.807, 2.05) is 0 Å². The first-order valence-corrected chi connectivity index (χ1v) is 5.99. The van der Waals surface area contributed by atoms with Gasteiger partial charge in [0.15, 0.2) is 0 Å². The molecule has 2 rings (SSSR count). The first-order valence-electron chi connectivity index (χ1n) is 5.61. The van der Waals surface area contributed by atoms with Crippen LogP contribution in [0, 0.1) is 0 Å². The van der Waals surface area contributed by atoms with Crippen LogP contribution in [0.15, 0.2) is 24.3 Å². The molecule has 1 aliphatic heterocycles. The molecule has 1 N–H and O–H groups in total. The summed E-state index contributed by atoms with van der Waals surface area (Å²) in [5.41, 5.74) is 0.436. The molecule has 5 nitrogen and oxygen atoms in total. The number of nitrogens with zero attached hydrogens (tertiary/aromatic N) is 1. The summed E-state index contributed by atoms with van der Waals surface area (Å²) in [5.74, 6) is -1.23. The van der Waals surface area contributed by atoms with Crippen molar-refractivity contribution in [3.05, 3.63) is 29.3 Å². The summed E-state index contributed by atoms with van der Waals surface area (Å²) in [6.07, 6.45) is 0. The van der Waals surface area contributed by atoms with Crippen LogP contribution in [0.2, 0.25) is 5.02 Å². The zero-order chi connectivity index (χ0) is 13.0. The molecular weight excluding hydrogens is 256 g/mol. The Labute approximate surface area is 110 Å². The lowest BCUT2D eigenvalue weighted by Gasteiger charge is -2.26. The third-order valence-electron chi connectivity index (χ3n) is 2.61. The number of carbonyl (C=O) groups is 2. The minimum Gasteiger partial charge on any atom is -0.378 e. The van der Waals surface area contributed by atoms with Crippen LogP contribution >= 0.6 is 11.6 Å². The maximum absolute atomic E-state index is 11.8. The quantitative estimate of drug-likeness (QED) is 0.777. The number of para-hydroxylation sites is 1. The molecule has 1 aromatic carbocycles. The third kappa shape index (κ3) is 3.00. The highest BCUT2D eigenvalue weighted by molar-refractivity contribution is 6.41. The smallest absolute Gasteiger partial charge is 0.313 e. The number of carbonyl (C=O) groups excluding carboxylic acids is 2. The molecule has 0 radical (unpaired) electrons. The van der Waals surface area contributed by atoms with Gasteiger partial charge in [0, 0.05) is 13.1 Å². The predicted molar refractivity (Wildman–Crippen MR) is 67.5 cm³/mol. The Morgan fingerprint density at radius 3 is 2.56 bits per heavy atom. The fourth-order valence-corrected chi connectivity index (χ4v) is 1.83. The molecule has 2 amide bonds. The second-order valence-corrected chi connectivity index (χ2v) is 4.25. The van der Waals surface area contributed by atoms with Crippen LogP contribution < -0.4 is 5.32 Å². The molecule has 1 fully saturated rings. The molecule has 0 aromatic heterocycles. The average molecular weight is 269 g/mol. The number of ether oxygens (including phenoxy) is 1. The van der Waals surface area contributed by atoms with Gasteiger partial charge in [-0.2, -0.15) is 0 Å². The van der Waals surface area contributed by atoms with Gasteiger partial charge in [-0.1, -0.05) is 23.7 Å². The summed E-state index contributed by atoms with van der Waals surface area (Å²) in [6, 6.07) is 6.78. The molecule has 0 atom stereocenters. The number of morpholine rings is 1. The van der Waals surface area contributed by atoms with Crippen LogP contribution in [0.3, 0.4) is 0 Å². The van der Waals surface area contributed by atoms with Gasteiger partial charge >= 0.3 is 11.8 Å². The van der Waals surface area contributed by atoms with Crippen LogP contribution in [-0.4, -0.2) is 43.0 Å². The number of amides is 2. The monoisotopic (exact) mass is 268 g/mol. The Bertz CT molecular complexity index is 458. The highest BCUT2D eigenvalue weighted by Crippen LogP contribution is 2.20. The van der Waals surface area contributed by atoms with E-state index in [9.17, 15) is 9.59 Å². The van der Waals surface area contributed by atoms with Crippen molar-refractivity contribution in [3.8, 4) is 0 Å². The normalized spacial score (nSPS) is 15.3. The van der Waals surface area contributed by atoms with E-state index in [1.165, 1.54) is 4.90 Å². The molecule has 1 aliphatic rings. The van der Waals surface area contributed by atoms with Crippen LogP contribution in [0.4, 0.5) is 5.69 Å². The summed E-state index contributed by atoms with van der Waals surface area (Å²) < 4.78 is 5.12. The van der Waals surface area contributed by atoms with E-state index >= 15 is 0 Å². The van der Waals surface area contributed by atoms with E-state index in [4.69, 9.17) is 16.3 Å². The van der Waals surface area contributed by atoms with Crippen molar-refractivity contribution < 1.29 is 14.3 Å². The Kier molecular flexibility index (Phi) is 4.17. The number of halogens is 1. The Morgan fingerprint density at radius 1 is 1.22 bits per heavy atom. The molecule has 6 heteroatoms. The Morgan fingerprint density at radius 2 is 1.89 bits per heavy atom. The topological polar surface area (TPSA) is 58.6 Å². The largest absolute Gasteiger partial charge is 0.378 e. The number of anilines is 1. The number of rotatable bonds is 1. The van der Waals surface area contributed by atoms with Crippen LogP contribution in [-0.2, 0) is 14.3 Å². The predicted octanol–water partition coefficient (Wildman–Crippen LogP) is 1.14. The van der Waals surface area contributed by atoms with E-state index in [0.717, 1.165) is 0 Å². The van der Waals surface area contributed by atoms with Crippen molar-refractivity contribution in [2.75, 3.05) is 31.6 Å². The summed E-state index contributed by atoms with van der Waals surface area (Å²) in [6.45, 7) is 1.81. The lowest BCUT2D eigenvalue weighted by atomic mass is 10.3. The maximum Gasteiger partial charge on any atom is 0.313 e. The van der Waals surface area contributed by atoms with Gasteiger partial charge in [-0.15, -0.1) is 0 Å². The molecule has 0 bridgehead atoms. The molecule has 96 valence electrons. The van der Waals surface area contributed by atoms with Gasteiger partial charge < -0.3 is 15.0 Å². The van der Waals surface area contributed by atoms with Gasteiger partial charge in [0.1, 0.15) is 0 Å².